The predicted molar refractivity (Wildman–Crippen MR) is 87.5 cm³/mol. The van der Waals surface area contributed by atoms with Gasteiger partial charge in [-0.25, -0.2) is 0 Å². The maximum absolute atomic E-state index is 12.2. The van der Waals surface area contributed by atoms with E-state index in [0.717, 1.165) is 14.5 Å². The maximum Gasteiger partial charge on any atom is 0.255 e. The van der Waals surface area contributed by atoms with Crippen molar-refractivity contribution in [2.75, 3.05) is 12.4 Å². The van der Waals surface area contributed by atoms with Crippen LogP contribution < -0.4 is 10.1 Å². The zero-order chi connectivity index (χ0) is 14.7. The molecular formula is C15H13Br2NO2. The van der Waals surface area contributed by atoms with Gasteiger partial charge in [-0.3, -0.25) is 4.79 Å². The van der Waals surface area contributed by atoms with Gasteiger partial charge in [-0.05, 0) is 58.7 Å². The highest BCUT2D eigenvalue weighted by Crippen LogP contribution is 2.28. The normalized spacial score (nSPS) is 10.2. The molecule has 0 aliphatic rings. The van der Waals surface area contributed by atoms with Crippen molar-refractivity contribution in [3.05, 3.63) is 56.5 Å². The minimum atomic E-state index is -0.154. The maximum atomic E-state index is 12.2. The van der Waals surface area contributed by atoms with Crippen LogP contribution in [0.2, 0.25) is 0 Å². The highest BCUT2D eigenvalue weighted by molar-refractivity contribution is 9.10. The standard InChI is InChI=1S/C15H13Br2NO2/c1-9-5-10(7-11(16)6-9)15(19)18-12-3-4-13(17)14(8-12)20-2/h3-8H,1-2H3,(H,18,19). The van der Waals surface area contributed by atoms with Crippen LogP contribution in [0.3, 0.4) is 0 Å². The second-order valence-electron chi connectivity index (χ2n) is 4.32. The number of benzene rings is 2. The first-order valence-electron chi connectivity index (χ1n) is 5.91. The molecule has 0 aromatic heterocycles. The molecule has 0 saturated carbocycles. The van der Waals surface area contributed by atoms with Crippen molar-refractivity contribution in [3.8, 4) is 5.75 Å². The third kappa shape index (κ3) is 3.61. The number of nitrogens with one attached hydrogen (secondary N) is 1. The number of anilines is 1. The first kappa shape index (κ1) is 15.1. The van der Waals surface area contributed by atoms with Gasteiger partial charge in [0.25, 0.3) is 5.91 Å². The van der Waals surface area contributed by atoms with E-state index in [1.807, 2.05) is 31.2 Å². The molecule has 1 N–H and O–H groups in total. The summed E-state index contributed by atoms with van der Waals surface area (Å²) in [6, 6.07) is 11.0. The summed E-state index contributed by atoms with van der Waals surface area (Å²) in [7, 11) is 1.59. The van der Waals surface area contributed by atoms with Crippen LogP contribution in [-0.4, -0.2) is 13.0 Å². The summed E-state index contributed by atoms with van der Waals surface area (Å²) in [6.07, 6.45) is 0. The smallest absolute Gasteiger partial charge is 0.255 e. The monoisotopic (exact) mass is 397 g/mol. The third-order valence-electron chi connectivity index (χ3n) is 2.71. The molecule has 5 heteroatoms. The summed E-state index contributed by atoms with van der Waals surface area (Å²) < 4.78 is 6.93. The molecule has 0 aliphatic carbocycles. The van der Waals surface area contributed by atoms with Crippen LogP contribution in [-0.2, 0) is 0 Å². The Hall–Kier alpha value is -1.33. The fraction of sp³-hybridized carbons (Fsp3) is 0.133. The van der Waals surface area contributed by atoms with E-state index < -0.39 is 0 Å². The first-order valence-corrected chi connectivity index (χ1v) is 7.50. The van der Waals surface area contributed by atoms with Crippen LogP contribution in [0.4, 0.5) is 5.69 Å². The zero-order valence-corrected chi connectivity index (χ0v) is 14.2. The minimum absolute atomic E-state index is 0.154. The van der Waals surface area contributed by atoms with E-state index in [1.165, 1.54) is 0 Å². The van der Waals surface area contributed by atoms with E-state index in [1.54, 1.807) is 19.2 Å². The topological polar surface area (TPSA) is 38.3 Å². The average Bonchev–Trinajstić information content (AvgIpc) is 2.39. The lowest BCUT2D eigenvalue weighted by molar-refractivity contribution is 0.102. The molecule has 0 bridgehead atoms. The number of carbonyl (C=O) groups excluding carboxylic acids is 1. The van der Waals surface area contributed by atoms with Gasteiger partial charge in [0.2, 0.25) is 0 Å². The van der Waals surface area contributed by atoms with Crippen molar-refractivity contribution in [2.24, 2.45) is 0 Å². The summed E-state index contributed by atoms with van der Waals surface area (Å²) >= 11 is 6.77. The van der Waals surface area contributed by atoms with Gasteiger partial charge in [0.1, 0.15) is 5.75 Å². The van der Waals surface area contributed by atoms with Gasteiger partial charge in [0.15, 0.2) is 0 Å². The average molecular weight is 399 g/mol. The minimum Gasteiger partial charge on any atom is -0.495 e. The van der Waals surface area contributed by atoms with Crippen molar-refractivity contribution in [1.29, 1.82) is 0 Å². The van der Waals surface area contributed by atoms with Crippen LogP contribution in [0.25, 0.3) is 0 Å². The van der Waals surface area contributed by atoms with E-state index in [9.17, 15) is 4.79 Å². The highest BCUT2D eigenvalue weighted by atomic mass is 79.9. The number of halogens is 2. The quantitative estimate of drug-likeness (QED) is 0.807. The molecule has 0 fully saturated rings. The zero-order valence-electron chi connectivity index (χ0n) is 11.0. The summed E-state index contributed by atoms with van der Waals surface area (Å²) in [5.74, 6) is 0.520. The Morgan fingerprint density at radius 2 is 1.90 bits per heavy atom. The summed E-state index contributed by atoms with van der Waals surface area (Å²) in [5, 5.41) is 2.85. The third-order valence-corrected chi connectivity index (χ3v) is 3.83. The van der Waals surface area contributed by atoms with Crippen LogP contribution in [0.5, 0.6) is 5.75 Å². The molecule has 0 atom stereocenters. The summed E-state index contributed by atoms with van der Waals surface area (Å²) in [4.78, 5) is 12.2. The Morgan fingerprint density at radius 1 is 1.15 bits per heavy atom. The van der Waals surface area contributed by atoms with Crippen molar-refractivity contribution >= 4 is 43.5 Å². The predicted octanol–water partition coefficient (Wildman–Crippen LogP) is 4.78. The first-order chi connectivity index (χ1) is 9.49. The van der Waals surface area contributed by atoms with E-state index >= 15 is 0 Å². The second-order valence-corrected chi connectivity index (χ2v) is 6.09. The van der Waals surface area contributed by atoms with Gasteiger partial charge in [-0.15, -0.1) is 0 Å². The van der Waals surface area contributed by atoms with Crippen molar-refractivity contribution in [2.45, 2.75) is 6.92 Å². The van der Waals surface area contributed by atoms with Crippen molar-refractivity contribution in [3.63, 3.8) is 0 Å². The Labute approximate surface area is 134 Å². The van der Waals surface area contributed by atoms with Crippen LogP contribution >= 0.6 is 31.9 Å². The molecule has 1 amide bonds. The fourth-order valence-corrected chi connectivity index (χ4v) is 2.82. The number of methoxy groups -OCH3 is 1. The molecule has 2 aromatic carbocycles. The van der Waals surface area contributed by atoms with Gasteiger partial charge < -0.3 is 10.1 Å². The van der Waals surface area contributed by atoms with Crippen LogP contribution in [0.15, 0.2) is 45.3 Å². The van der Waals surface area contributed by atoms with Gasteiger partial charge in [-0.1, -0.05) is 15.9 Å². The molecule has 0 heterocycles. The van der Waals surface area contributed by atoms with E-state index in [4.69, 9.17) is 4.74 Å². The molecule has 0 aliphatic heterocycles. The Bertz CT molecular complexity index is 636. The molecule has 2 rings (SSSR count). The van der Waals surface area contributed by atoms with Gasteiger partial charge in [-0.2, -0.15) is 0 Å². The van der Waals surface area contributed by atoms with Crippen molar-refractivity contribution in [1.82, 2.24) is 0 Å². The van der Waals surface area contributed by atoms with E-state index in [2.05, 4.69) is 37.2 Å². The Morgan fingerprint density at radius 3 is 2.55 bits per heavy atom. The fourth-order valence-electron chi connectivity index (χ4n) is 1.81. The molecule has 0 saturated heterocycles. The molecule has 20 heavy (non-hydrogen) atoms. The van der Waals surface area contributed by atoms with Crippen molar-refractivity contribution < 1.29 is 9.53 Å². The number of hydrogen-bond acceptors (Lipinski definition) is 2. The lowest BCUT2D eigenvalue weighted by atomic mass is 10.1. The largest absolute Gasteiger partial charge is 0.495 e. The molecule has 2 aromatic rings. The summed E-state index contributed by atoms with van der Waals surface area (Å²) in [5.41, 5.74) is 2.32. The van der Waals surface area contributed by atoms with E-state index in [0.29, 0.717) is 17.0 Å². The number of rotatable bonds is 3. The Kier molecular flexibility index (Phi) is 4.83. The lowest BCUT2D eigenvalue weighted by Gasteiger charge is -2.09. The highest BCUT2D eigenvalue weighted by Gasteiger charge is 2.09. The summed E-state index contributed by atoms with van der Waals surface area (Å²) in [6.45, 7) is 1.95. The van der Waals surface area contributed by atoms with Crippen LogP contribution in [0, 0.1) is 6.92 Å². The lowest BCUT2D eigenvalue weighted by Crippen LogP contribution is -2.12. The van der Waals surface area contributed by atoms with Gasteiger partial charge >= 0.3 is 0 Å². The number of amides is 1. The van der Waals surface area contributed by atoms with Gasteiger partial charge in [0.05, 0.1) is 11.6 Å². The molecule has 0 radical (unpaired) electrons. The number of ether oxygens (including phenoxy) is 1. The molecule has 0 unspecified atom stereocenters. The molecule has 3 nitrogen and oxygen atoms in total. The van der Waals surface area contributed by atoms with Gasteiger partial charge in [0, 0.05) is 21.8 Å². The molecular weight excluding hydrogens is 386 g/mol. The molecule has 0 spiro atoms. The molecule has 104 valence electrons. The second kappa shape index (κ2) is 6.41. The van der Waals surface area contributed by atoms with E-state index in [-0.39, 0.29) is 5.91 Å². The Balaban J connectivity index is 2.23. The van der Waals surface area contributed by atoms with Crippen LogP contribution in [0.1, 0.15) is 15.9 Å². The number of hydrogen-bond donors (Lipinski definition) is 1. The number of aryl methyl sites for hydroxylation is 1. The number of carbonyl (C=O) groups is 1. The SMILES string of the molecule is COc1cc(NC(=O)c2cc(C)cc(Br)c2)ccc1Br.